The number of hydrogen-bond donors (Lipinski definition) is 2. The fourth-order valence-corrected chi connectivity index (χ4v) is 3.23. The second-order valence-corrected chi connectivity index (χ2v) is 5.78. The van der Waals surface area contributed by atoms with Gasteiger partial charge in [0.1, 0.15) is 6.04 Å². The van der Waals surface area contributed by atoms with E-state index in [-0.39, 0.29) is 0 Å². The van der Waals surface area contributed by atoms with E-state index in [1.807, 2.05) is 60.0 Å². The molecule has 0 bridgehead atoms. The van der Waals surface area contributed by atoms with Crippen LogP contribution < -0.4 is 5.32 Å². The largest absolute Gasteiger partial charge is 0.480 e. The molecule has 0 fully saturated rings. The number of carboxylic acid groups (broad SMARTS) is 1. The van der Waals surface area contributed by atoms with E-state index < -0.39 is 12.0 Å². The summed E-state index contributed by atoms with van der Waals surface area (Å²) < 4.78 is 1.16. The van der Waals surface area contributed by atoms with Gasteiger partial charge in [-0.3, -0.25) is 0 Å². The number of benzene rings is 2. The summed E-state index contributed by atoms with van der Waals surface area (Å²) in [5, 5.41) is 15.7. The number of hydrogen-bond acceptors (Lipinski definition) is 3. The van der Waals surface area contributed by atoms with Gasteiger partial charge in [-0.1, -0.05) is 48.5 Å². The van der Waals surface area contributed by atoms with E-state index in [1.54, 1.807) is 11.3 Å². The summed E-state index contributed by atoms with van der Waals surface area (Å²) in [4.78, 5) is 11.5. The van der Waals surface area contributed by atoms with Crippen molar-refractivity contribution >= 4 is 33.1 Å². The second-order valence-electron chi connectivity index (χ2n) is 4.87. The Balaban J connectivity index is 1.84. The minimum Gasteiger partial charge on any atom is -0.480 e. The Labute approximate surface area is 126 Å². The SMILES string of the molecule is O=C(O)[C@H](Cc1ccccc1)Nc1csc2ccccc12. The first kappa shape index (κ1) is 13.6. The molecule has 0 radical (unpaired) electrons. The quantitative estimate of drug-likeness (QED) is 0.748. The third-order valence-electron chi connectivity index (χ3n) is 3.39. The standard InChI is InChI=1S/C17H15NO2S/c19-17(20)14(10-12-6-2-1-3-7-12)18-15-11-21-16-9-5-4-8-13(15)16/h1-9,11,14,18H,10H2,(H,19,20)/t14-/m0/s1. The smallest absolute Gasteiger partial charge is 0.326 e. The molecule has 3 aromatic rings. The number of rotatable bonds is 5. The Hall–Kier alpha value is -2.33. The summed E-state index contributed by atoms with van der Waals surface area (Å²) in [6.45, 7) is 0. The molecule has 21 heavy (non-hydrogen) atoms. The van der Waals surface area contributed by atoms with Crippen molar-refractivity contribution in [3.8, 4) is 0 Å². The van der Waals surface area contributed by atoms with E-state index in [0.29, 0.717) is 6.42 Å². The van der Waals surface area contributed by atoms with Gasteiger partial charge in [-0.05, 0) is 11.6 Å². The molecule has 0 amide bonds. The first-order valence-corrected chi connectivity index (χ1v) is 7.61. The van der Waals surface area contributed by atoms with E-state index in [0.717, 1.165) is 21.3 Å². The Morgan fingerprint density at radius 2 is 1.81 bits per heavy atom. The number of carbonyl (C=O) groups is 1. The van der Waals surface area contributed by atoms with Crippen molar-refractivity contribution in [2.24, 2.45) is 0 Å². The molecular formula is C17H15NO2S. The van der Waals surface area contributed by atoms with Gasteiger partial charge >= 0.3 is 5.97 Å². The predicted octanol–water partition coefficient (Wildman–Crippen LogP) is 4.01. The molecule has 0 saturated carbocycles. The highest BCUT2D eigenvalue weighted by molar-refractivity contribution is 7.17. The molecule has 3 rings (SSSR count). The molecule has 0 saturated heterocycles. The minimum atomic E-state index is -0.839. The molecular weight excluding hydrogens is 282 g/mol. The molecule has 2 aromatic carbocycles. The van der Waals surface area contributed by atoms with Crippen molar-refractivity contribution in [1.82, 2.24) is 0 Å². The van der Waals surface area contributed by atoms with E-state index in [2.05, 4.69) is 5.32 Å². The van der Waals surface area contributed by atoms with Crippen molar-refractivity contribution in [2.45, 2.75) is 12.5 Å². The Morgan fingerprint density at radius 3 is 2.57 bits per heavy atom. The summed E-state index contributed by atoms with van der Waals surface area (Å²) in [6, 6.07) is 17.0. The third kappa shape index (κ3) is 3.06. The minimum absolute atomic E-state index is 0.459. The molecule has 0 aliphatic heterocycles. The second kappa shape index (κ2) is 5.97. The highest BCUT2D eigenvalue weighted by atomic mass is 32.1. The third-order valence-corrected chi connectivity index (χ3v) is 4.35. The topological polar surface area (TPSA) is 49.3 Å². The van der Waals surface area contributed by atoms with Gasteiger partial charge in [0.15, 0.2) is 0 Å². The Bertz CT molecular complexity index is 752. The first-order chi connectivity index (χ1) is 10.2. The van der Waals surface area contributed by atoms with Gasteiger partial charge < -0.3 is 10.4 Å². The number of carboxylic acids is 1. The van der Waals surface area contributed by atoms with Crippen LogP contribution in [0, 0.1) is 0 Å². The molecule has 0 unspecified atom stereocenters. The van der Waals surface area contributed by atoms with Crippen LogP contribution in [0.5, 0.6) is 0 Å². The molecule has 3 nitrogen and oxygen atoms in total. The van der Waals surface area contributed by atoms with Crippen LogP contribution in [0.3, 0.4) is 0 Å². The van der Waals surface area contributed by atoms with Crippen LogP contribution >= 0.6 is 11.3 Å². The van der Waals surface area contributed by atoms with Crippen molar-refractivity contribution in [1.29, 1.82) is 0 Å². The average molecular weight is 297 g/mol. The zero-order valence-corrected chi connectivity index (χ0v) is 12.1. The summed E-state index contributed by atoms with van der Waals surface area (Å²) in [5.41, 5.74) is 1.90. The first-order valence-electron chi connectivity index (χ1n) is 6.73. The lowest BCUT2D eigenvalue weighted by Crippen LogP contribution is -2.31. The van der Waals surface area contributed by atoms with E-state index >= 15 is 0 Å². The van der Waals surface area contributed by atoms with Crippen LogP contribution in [0.4, 0.5) is 5.69 Å². The Kier molecular flexibility index (Phi) is 3.88. The maximum atomic E-state index is 11.5. The number of aliphatic carboxylic acids is 1. The zero-order valence-electron chi connectivity index (χ0n) is 11.3. The van der Waals surface area contributed by atoms with Gasteiger partial charge in [0.05, 0.1) is 5.69 Å². The normalized spacial score (nSPS) is 12.2. The van der Waals surface area contributed by atoms with Gasteiger partial charge in [0, 0.05) is 21.9 Å². The Morgan fingerprint density at radius 1 is 1.10 bits per heavy atom. The molecule has 1 atom stereocenters. The number of thiophene rings is 1. The van der Waals surface area contributed by atoms with Crippen LogP contribution in [0.1, 0.15) is 5.56 Å². The fraction of sp³-hybridized carbons (Fsp3) is 0.118. The average Bonchev–Trinajstić information content (AvgIpc) is 2.91. The van der Waals surface area contributed by atoms with Crippen LogP contribution in [-0.2, 0) is 11.2 Å². The number of anilines is 1. The van der Waals surface area contributed by atoms with Crippen LogP contribution in [0.25, 0.3) is 10.1 Å². The van der Waals surface area contributed by atoms with Crippen molar-refractivity contribution < 1.29 is 9.90 Å². The molecule has 4 heteroatoms. The van der Waals surface area contributed by atoms with Crippen LogP contribution in [-0.4, -0.2) is 17.1 Å². The fourth-order valence-electron chi connectivity index (χ4n) is 2.33. The van der Waals surface area contributed by atoms with E-state index in [9.17, 15) is 9.90 Å². The van der Waals surface area contributed by atoms with Crippen LogP contribution in [0.15, 0.2) is 60.0 Å². The highest BCUT2D eigenvalue weighted by Crippen LogP contribution is 2.30. The molecule has 0 spiro atoms. The molecule has 1 aromatic heterocycles. The van der Waals surface area contributed by atoms with Gasteiger partial charge in [-0.15, -0.1) is 11.3 Å². The lowest BCUT2D eigenvalue weighted by atomic mass is 10.1. The number of nitrogens with one attached hydrogen (secondary N) is 1. The maximum absolute atomic E-state index is 11.5. The van der Waals surface area contributed by atoms with E-state index in [4.69, 9.17) is 0 Å². The summed E-state index contributed by atoms with van der Waals surface area (Å²) >= 11 is 1.62. The maximum Gasteiger partial charge on any atom is 0.326 e. The molecule has 0 aliphatic carbocycles. The van der Waals surface area contributed by atoms with Gasteiger partial charge in [-0.25, -0.2) is 4.79 Å². The molecule has 106 valence electrons. The van der Waals surface area contributed by atoms with Gasteiger partial charge in [0.25, 0.3) is 0 Å². The monoisotopic (exact) mass is 297 g/mol. The van der Waals surface area contributed by atoms with Gasteiger partial charge in [0.2, 0.25) is 0 Å². The van der Waals surface area contributed by atoms with Crippen LogP contribution in [0.2, 0.25) is 0 Å². The summed E-state index contributed by atoms with van der Waals surface area (Å²) in [5.74, 6) is -0.839. The zero-order chi connectivity index (χ0) is 14.7. The van der Waals surface area contributed by atoms with E-state index in [1.165, 1.54) is 0 Å². The highest BCUT2D eigenvalue weighted by Gasteiger charge is 2.19. The number of fused-ring (bicyclic) bond motifs is 1. The van der Waals surface area contributed by atoms with Crippen molar-refractivity contribution in [3.63, 3.8) is 0 Å². The molecule has 2 N–H and O–H groups in total. The van der Waals surface area contributed by atoms with Crippen molar-refractivity contribution in [3.05, 3.63) is 65.5 Å². The molecule has 0 aliphatic rings. The lowest BCUT2D eigenvalue weighted by Gasteiger charge is -2.15. The van der Waals surface area contributed by atoms with Gasteiger partial charge in [-0.2, -0.15) is 0 Å². The predicted molar refractivity (Wildman–Crippen MR) is 87.0 cm³/mol. The molecule has 1 heterocycles. The lowest BCUT2D eigenvalue weighted by molar-refractivity contribution is -0.137. The summed E-state index contributed by atoms with van der Waals surface area (Å²) in [6.07, 6.45) is 0.459. The summed E-state index contributed by atoms with van der Waals surface area (Å²) in [7, 11) is 0. The van der Waals surface area contributed by atoms with Crippen molar-refractivity contribution in [2.75, 3.05) is 5.32 Å².